The molecule has 0 aliphatic rings. The lowest BCUT2D eigenvalue weighted by atomic mass is 10.1. The molecule has 128 valence electrons. The Hall–Kier alpha value is -3.77. The Morgan fingerprint density at radius 2 is 2.04 bits per heavy atom. The average molecular weight is 365 g/mol. The quantitative estimate of drug-likeness (QED) is 0.304. The number of nitro groups is 1. The van der Waals surface area contributed by atoms with Crippen LogP contribution in [0.2, 0.25) is 0 Å². The molecule has 1 aromatic heterocycles. The number of para-hydroxylation sites is 1. The highest BCUT2D eigenvalue weighted by molar-refractivity contribution is 7.18. The lowest BCUT2D eigenvalue weighted by Crippen LogP contribution is -2.06. The minimum atomic E-state index is -0.612. The van der Waals surface area contributed by atoms with Crippen LogP contribution in [0, 0.1) is 16.7 Å². The Kier molecular flexibility index (Phi) is 4.59. The minimum absolute atomic E-state index is 0.0121. The van der Waals surface area contributed by atoms with Crippen LogP contribution in [0.5, 0.6) is 0 Å². The van der Waals surface area contributed by atoms with Crippen LogP contribution in [0.1, 0.15) is 15.2 Å². The van der Waals surface area contributed by atoms with Crippen LogP contribution in [0.25, 0.3) is 4.85 Å². The number of ketones is 1. The number of thiazole rings is 1. The second kappa shape index (κ2) is 7.00. The summed E-state index contributed by atoms with van der Waals surface area (Å²) in [5.74, 6) is -0.572. The van der Waals surface area contributed by atoms with Crippen molar-refractivity contribution in [2.75, 3.05) is 11.1 Å². The number of carbonyl (C=O) groups is 1. The normalized spacial score (nSPS) is 10.1. The summed E-state index contributed by atoms with van der Waals surface area (Å²) in [6, 6.07) is 12.4. The number of carbonyl (C=O) groups excluding carboxylic acids is 1. The molecule has 0 atom stereocenters. The lowest BCUT2D eigenvalue weighted by molar-refractivity contribution is -0.385. The van der Waals surface area contributed by atoms with E-state index >= 15 is 0 Å². The van der Waals surface area contributed by atoms with E-state index in [-0.39, 0.29) is 21.9 Å². The van der Waals surface area contributed by atoms with Crippen LogP contribution in [-0.4, -0.2) is 15.7 Å². The van der Waals surface area contributed by atoms with Crippen LogP contribution >= 0.6 is 11.3 Å². The number of hydrogen-bond acceptors (Lipinski definition) is 7. The summed E-state index contributed by atoms with van der Waals surface area (Å²) in [5.41, 5.74) is 6.58. The van der Waals surface area contributed by atoms with Crippen LogP contribution in [0.4, 0.5) is 28.0 Å². The molecule has 0 radical (unpaired) electrons. The monoisotopic (exact) mass is 365 g/mol. The van der Waals surface area contributed by atoms with Crippen molar-refractivity contribution in [2.24, 2.45) is 0 Å². The number of aromatic nitrogens is 1. The molecule has 0 amide bonds. The predicted molar refractivity (Wildman–Crippen MR) is 99.0 cm³/mol. The number of hydrogen-bond donors (Lipinski definition) is 2. The number of rotatable bonds is 5. The Balaban J connectivity index is 1.92. The molecule has 1 heterocycles. The van der Waals surface area contributed by atoms with Crippen molar-refractivity contribution in [2.45, 2.75) is 0 Å². The zero-order valence-electron chi connectivity index (χ0n) is 13.2. The van der Waals surface area contributed by atoms with Gasteiger partial charge in [-0.05, 0) is 18.2 Å². The maximum atomic E-state index is 12.7. The Morgan fingerprint density at radius 3 is 2.77 bits per heavy atom. The third kappa shape index (κ3) is 3.35. The van der Waals surface area contributed by atoms with E-state index in [2.05, 4.69) is 15.1 Å². The number of nitrogen functional groups attached to an aromatic ring is 1. The number of nitro benzene ring substituents is 1. The van der Waals surface area contributed by atoms with E-state index in [0.29, 0.717) is 16.5 Å². The summed E-state index contributed by atoms with van der Waals surface area (Å²) in [6.07, 6.45) is 0. The highest BCUT2D eigenvalue weighted by Crippen LogP contribution is 2.32. The van der Waals surface area contributed by atoms with Gasteiger partial charge in [-0.25, -0.2) is 9.83 Å². The molecular weight excluding hydrogens is 354 g/mol. The molecule has 0 bridgehead atoms. The summed E-state index contributed by atoms with van der Waals surface area (Å²) in [5, 5.41) is 14.5. The molecule has 0 saturated carbocycles. The summed E-state index contributed by atoms with van der Waals surface area (Å²) >= 11 is 0.994. The number of nitrogens with two attached hydrogens (primary N) is 1. The van der Waals surface area contributed by atoms with Crippen LogP contribution in [0.15, 0.2) is 48.5 Å². The molecule has 26 heavy (non-hydrogen) atoms. The van der Waals surface area contributed by atoms with Crippen molar-refractivity contribution >= 4 is 45.1 Å². The fourth-order valence-electron chi connectivity index (χ4n) is 2.27. The van der Waals surface area contributed by atoms with E-state index in [0.717, 1.165) is 11.3 Å². The predicted octanol–water partition coefficient (Wildman–Crippen LogP) is 4.16. The molecule has 0 unspecified atom stereocenters. The first kappa shape index (κ1) is 17.1. The van der Waals surface area contributed by atoms with Gasteiger partial charge in [0.05, 0.1) is 11.5 Å². The van der Waals surface area contributed by atoms with Gasteiger partial charge in [0.25, 0.3) is 5.69 Å². The zero-order valence-corrected chi connectivity index (χ0v) is 14.0. The first-order valence-electron chi connectivity index (χ1n) is 7.28. The van der Waals surface area contributed by atoms with E-state index in [4.69, 9.17) is 12.3 Å². The maximum Gasteiger partial charge on any atom is 0.280 e. The minimum Gasteiger partial charge on any atom is -0.382 e. The third-order valence-corrected chi connectivity index (χ3v) is 4.42. The van der Waals surface area contributed by atoms with E-state index < -0.39 is 10.7 Å². The molecule has 3 N–H and O–H groups in total. The molecule has 0 spiro atoms. The van der Waals surface area contributed by atoms with Crippen molar-refractivity contribution in [1.29, 1.82) is 0 Å². The maximum absolute atomic E-state index is 12.7. The topological polar surface area (TPSA) is 116 Å². The summed E-state index contributed by atoms with van der Waals surface area (Å²) in [7, 11) is 0. The van der Waals surface area contributed by atoms with Crippen molar-refractivity contribution in [3.05, 3.63) is 80.5 Å². The molecule has 9 heteroatoms. The van der Waals surface area contributed by atoms with Crippen LogP contribution in [-0.2, 0) is 0 Å². The van der Waals surface area contributed by atoms with Gasteiger partial charge in [-0.1, -0.05) is 35.6 Å². The third-order valence-electron chi connectivity index (χ3n) is 3.43. The molecule has 2 aromatic carbocycles. The number of nitrogens with one attached hydrogen (secondary N) is 1. The van der Waals surface area contributed by atoms with Gasteiger partial charge in [-0.15, -0.1) is 0 Å². The fourth-order valence-corrected chi connectivity index (χ4v) is 3.13. The second-order valence-corrected chi connectivity index (χ2v) is 6.12. The number of anilines is 3. The van der Waals surface area contributed by atoms with Gasteiger partial charge in [0.15, 0.2) is 10.8 Å². The van der Waals surface area contributed by atoms with Gasteiger partial charge < -0.3 is 11.1 Å². The van der Waals surface area contributed by atoms with Crippen molar-refractivity contribution in [3.63, 3.8) is 0 Å². The standard InChI is InChI=1S/C17H11N5O3S/c1-19-10-5-4-6-11(9-10)20-17-21-16(18)15(26-17)14(23)12-7-2-3-8-13(12)22(24)25/h2-9H,18H2,(H,20,21). The van der Waals surface area contributed by atoms with Crippen LogP contribution < -0.4 is 11.1 Å². The van der Waals surface area contributed by atoms with Gasteiger partial charge in [-0.3, -0.25) is 14.9 Å². The first-order valence-corrected chi connectivity index (χ1v) is 8.10. The van der Waals surface area contributed by atoms with Crippen molar-refractivity contribution < 1.29 is 9.72 Å². The van der Waals surface area contributed by atoms with Crippen molar-refractivity contribution in [1.82, 2.24) is 4.98 Å². The van der Waals surface area contributed by atoms with Gasteiger partial charge in [0.2, 0.25) is 5.78 Å². The summed E-state index contributed by atoms with van der Waals surface area (Å²) in [4.78, 5) is 30.7. The van der Waals surface area contributed by atoms with Gasteiger partial charge >= 0.3 is 0 Å². The zero-order chi connectivity index (χ0) is 18.7. The molecule has 0 aliphatic carbocycles. The second-order valence-electron chi connectivity index (χ2n) is 5.12. The molecule has 0 saturated heterocycles. The number of nitrogens with zero attached hydrogens (tertiary/aromatic N) is 3. The SMILES string of the molecule is [C-]#[N+]c1cccc(Nc2nc(N)c(C(=O)c3ccccc3[N+](=O)[O-])s2)c1. The van der Waals surface area contributed by atoms with E-state index in [1.165, 1.54) is 18.2 Å². The molecular formula is C17H11N5O3S. The molecule has 0 aliphatic heterocycles. The largest absolute Gasteiger partial charge is 0.382 e. The van der Waals surface area contributed by atoms with E-state index in [1.54, 1.807) is 30.3 Å². The number of benzene rings is 2. The van der Waals surface area contributed by atoms with E-state index in [1.807, 2.05) is 0 Å². The highest BCUT2D eigenvalue weighted by Gasteiger charge is 2.25. The van der Waals surface area contributed by atoms with Crippen LogP contribution in [0.3, 0.4) is 0 Å². The van der Waals surface area contributed by atoms with Gasteiger partial charge in [0.1, 0.15) is 16.3 Å². The molecule has 3 aromatic rings. The fraction of sp³-hybridized carbons (Fsp3) is 0. The Labute approximate surface area is 151 Å². The lowest BCUT2D eigenvalue weighted by Gasteiger charge is -2.02. The Morgan fingerprint density at radius 1 is 1.27 bits per heavy atom. The molecule has 3 rings (SSSR count). The van der Waals surface area contributed by atoms with E-state index in [9.17, 15) is 14.9 Å². The van der Waals surface area contributed by atoms with Crippen molar-refractivity contribution in [3.8, 4) is 0 Å². The summed E-state index contributed by atoms with van der Waals surface area (Å²) in [6.45, 7) is 7.03. The average Bonchev–Trinajstić information content (AvgIpc) is 3.01. The molecule has 8 nitrogen and oxygen atoms in total. The Bertz CT molecular complexity index is 1050. The molecule has 0 fully saturated rings. The van der Waals surface area contributed by atoms with Gasteiger partial charge in [-0.2, -0.15) is 0 Å². The highest BCUT2D eigenvalue weighted by atomic mass is 32.1. The smallest absolute Gasteiger partial charge is 0.280 e. The summed E-state index contributed by atoms with van der Waals surface area (Å²) < 4.78 is 0. The van der Waals surface area contributed by atoms with Gasteiger partial charge in [0, 0.05) is 11.8 Å². The first-order chi connectivity index (χ1) is 12.5.